The molecule has 4 heteroatoms. The minimum absolute atomic E-state index is 0.103. The van der Waals surface area contributed by atoms with Gasteiger partial charge < -0.3 is 9.47 Å². The van der Waals surface area contributed by atoms with Crippen molar-refractivity contribution in [3.8, 4) is 0 Å². The lowest BCUT2D eigenvalue weighted by atomic mass is 10.1. The molecular formula is C19H21N3O. The Labute approximate surface area is 136 Å². The normalized spacial score (nSPS) is 10.9. The zero-order valence-corrected chi connectivity index (χ0v) is 13.8. The van der Waals surface area contributed by atoms with Crippen molar-refractivity contribution in [3.05, 3.63) is 59.9 Å². The van der Waals surface area contributed by atoms with Crippen LogP contribution in [-0.4, -0.2) is 22.0 Å². The summed E-state index contributed by atoms with van der Waals surface area (Å²) in [6, 6.07) is 15.9. The van der Waals surface area contributed by atoms with Crippen LogP contribution in [0.4, 0.5) is 5.69 Å². The van der Waals surface area contributed by atoms with E-state index in [-0.39, 0.29) is 5.91 Å². The molecule has 3 rings (SSSR count). The summed E-state index contributed by atoms with van der Waals surface area (Å²) in [6.07, 6.45) is 0.383. The number of imidazole rings is 1. The van der Waals surface area contributed by atoms with Gasteiger partial charge in [-0.15, -0.1) is 0 Å². The number of para-hydroxylation sites is 1. The lowest BCUT2D eigenvalue weighted by Crippen LogP contribution is -2.31. The van der Waals surface area contributed by atoms with Gasteiger partial charge in [0.05, 0.1) is 17.5 Å². The van der Waals surface area contributed by atoms with Crippen LogP contribution in [0.1, 0.15) is 18.3 Å². The summed E-state index contributed by atoms with van der Waals surface area (Å²) in [4.78, 5) is 19.0. The van der Waals surface area contributed by atoms with Crippen LogP contribution < -0.4 is 4.90 Å². The SMILES string of the molecule is CCN(C(=O)Cc1ccc2c(c1)nc(C)n2C)c1ccccc1. The van der Waals surface area contributed by atoms with Gasteiger partial charge >= 0.3 is 0 Å². The lowest BCUT2D eigenvalue weighted by molar-refractivity contribution is -0.117. The van der Waals surface area contributed by atoms with Gasteiger partial charge in [0, 0.05) is 19.3 Å². The molecule has 0 aliphatic carbocycles. The van der Waals surface area contributed by atoms with Crippen LogP contribution in [0.5, 0.6) is 0 Å². The summed E-state index contributed by atoms with van der Waals surface area (Å²) in [5.74, 6) is 1.08. The number of rotatable bonds is 4. The molecule has 1 aromatic heterocycles. The standard InChI is InChI=1S/C19H21N3O/c1-4-22(16-8-6-5-7-9-16)19(23)13-15-10-11-18-17(12-15)20-14(2)21(18)3/h5-12H,4,13H2,1-3H3. The fraction of sp³-hybridized carbons (Fsp3) is 0.263. The van der Waals surface area contributed by atoms with Crippen LogP contribution in [0, 0.1) is 6.92 Å². The van der Waals surface area contributed by atoms with Crippen molar-refractivity contribution in [1.82, 2.24) is 9.55 Å². The molecule has 0 N–H and O–H groups in total. The number of hydrogen-bond donors (Lipinski definition) is 0. The fourth-order valence-corrected chi connectivity index (χ4v) is 2.86. The first-order chi connectivity index (χ1) is 11.1. The lowest BCUT2D eigenvalue weighted by Gasteiger charge is -2.21. The highest BCUT2D eigenvalue weighted by Crippen LogP contribution is 2.19. The molecule has 0 saturated heterocycles. The van der Waals surface area contributed by atoms with Crippen molar-refractivity contribution in [2.75, 3.05) is 11.4 Å². The van der Waals surface area contributed by atoms with Gasteiger partial charge in [0.1, 0.15) is 5.82 Å². The second-order valence-electron chi connectivity index (χ2n) is 5.69. The molecule has 0 unspecified atom stereocenters. The van der Waals surface area contributed by atoms with Crippen LogP contribution in [0.2, 0.25) is 0 Å². The number of benzene rings is 2. The Balaban J connectivity index is 1.84. The molecule has 1 heterocycles. The second-order valence-corrected chi connectivity index (χ2v) is 5.69. The maximum atomic E-state index is 12.7. The minimum Gasteiger partial charge on any atom is -0.331 e. The molecule has 4 nitrogen and oxygen atoms in total. The maximum absolute atomic E-state index is 12.7. The average molecular weight is 307 g/mol. The monoisotopic (exact) mass is 307 g/mol. The zero-order valence-electron chi connectivity index (χ0n) is 13.8. The largest absolute Gasteiger partial charge is 0.331 e. The highest BCUT2D eigenvalue weighted by Gasteiger charge is 2.15. The van der Waals surface area contributed by atoms with Gasteiger partial charge in [0.2, 0.25) is 5.91 Å². The van der Waals surface area contributed by atoms with Crippen molar-refractivity contribution in [3.63, 3.8) is 0 Å². The van der Waals surface area contributed by atoms with E-state index in [2.05, 4.69) is 9.55 Å². The number of likely N-dealkylation sites (N-methyl/N-ethyl adjacent to an activating group) is 1. The molecule has 3 aromatic rings. The van der Waals surface area contributed by atoms with E-state index in [1.165, 1.54) is 0 Å². The van der Waals surface area contributed by atoms with Crippen molar-refractivity contribution in [2.45, 2.75) is 20.3 Å². The molecule has 0 atom stereocenters. The molecule has 2 aromatic carbocycles. The first-order valence-corrected chi connectivity index (χ1v) is 7.87. The Morgan fingerprint density at radius 1 is 1.17 bits per heavy atom. The second kappa shape index (κ2) is 6.24. The third-order valence-electron chi connectivity index (χ3n) is 4.21. The number of carbonyl (C=O) groups excluding carboxylic acids is 1. The number of aryl methyl sites for hydroxylation is 2. The van der Waals surface area contributed by atoms with Crippen molar-refractivity contribution in [1.29, 1.82) is 0 Å². The van der Waals surface area contributed by atoms with Gasteiger partial charge in [-0.3, -0.25) is 4.79 Å². The molecule has 0 radical (unpaired) electrons. The Hall–Kier alpha value is -2.62. The topological polar surface area (TPSA) is 38.1 Å². The van der Waals surface area contributed by atoms with Crippen LogP contribution >= 0.6 is 0 Å². The molecule has 0 bridgehead atoms. The van der Waals surface area contributed by atoms with Gasteiger partial charge in [-0.1, -0.05) is 24.3 Å². The molecule has 0 saturated carbocycles. The summed E-state index contributed by atoms with van der Waals surface area (Å²) in [6.45, 7) is 4.64. The van der Waals surface area contributed by atoms with E-state index < -0.39 is 0 Å². The highest BCUT2D eigenvalue weighted by atomic mass is 16.2. The molecule has 1 amide bonds. The van der Waals surface area contributed by atoms with E-state index in [9.17, 15) is 4.79 Å². The van der Waals surface area contributed by atoms with E-state index in [4.69, 9.17) is 0 Å². The third kappa shape index (κ3) is 2.97. The van der Waals surface area contributed by atoms with Crippen LogP contribution in [0.3, 0.4) is 0 Å². The molecular weight excluding hydrogens is 286 g/mol. The Kier molecular flexibility index (Phi) is 4.15. The number of anilines is 1. The van der Waals surface area contributed by atoms with E-state index in [0.29, 0.717) is 13.0 Å². The van der Waals surface area contributed by atoms with Gasteiger partial charge in [-0.25, -0.2) is 4.98 Å². The quantitative estimate of drug-likeness (QED) is 0.740. The number of aromatic nitrogens is 2. The number of nitrogens with zero attached hydrogens (tertiary/aromatic N) is 3. The third-order valence-corrected chi connectivity index (χ3v) is 4.21. The van der Waals surface area contributed by atoms with Gasteiger partial charge in [-0.05, 0) is 43.7 Å². The van der Waals surface area contributed by atoms with E-state index in [0.717, 1.165) is 28.1 Å². The Morgan fingerprint density at radius 2 is 1.91 bits per heavy atom. The fourth-order valence-electron chi connectivity index (χ4n) is 2.86. The molecule has 118 valence electrons. The van der Waals surface area contributed by atoms with Crippen LogP contribution in [0.25, 0.3) is 11.0 Å². The van der Waals surface area contributed by atoms with Crippen LogP contribution in [-0.2, 0) is 18.3 Å². The average Bonchev–Trinajstić information content (AvgIpc) is 2.83. The Bertz CT molecular complexity index is 836. The molecule has 0 fully saturated rings. The predicted octanol–water partition coefficient (Wildman–Crippen LogP) is 3.48. The van der Waals surface area contributed by atoms with Gasteiger partial charge in [0.15, 0.2) is 0 Å². The first-order valence-electron chi connectivity index (χ1n) is 7.87. The van der Waals surface area contributed by atoms with E-state index >= 15 is 0 Å². The minimum atomic E-state index is 0.103. The predicted molar refractivity (Wildman–Crippen MR) is 93.6 cm³/mol. The van der Waals surface area contributed by atoms with Crippen LogP contribution in [0.15, 0.2) is 48.5 Å². The number of amides is 1. The smallest absolute Gasteiger partial charge is 0.231 e. The van der Waals surface area contributed by atoms with Gasteiger partial charge in [-0.2, -0.15) is 0 Å². The number of hydrogen-bond acceptors (Lipinski definition) is 2. The summed E-state index contributed by atoms with van der Waals surface area (Å²) < 4.78 is 2.06. The molecule has 23 heavy (non-hydrogen) atoms. The molecule has 0 aliphatic heterocycles. The zero-order chi connectivity index (χ0) is 16.4. The van der Waals surface area contributed by atoms with Crippen molar-refractivity contribution >= 4 is 22.6 Å². The van der Waals surface area contributed by atoms with E-state index in [1.54, 1.807) is 0 Å². The number of fused-ring (bicyclic) bond motifs is 1. The van der Waals surface area contributed by atoms with Crippen molar-refractivity contribution < 1.29 is 4.79 Å². The maximum Gasteiger partial charge on any atom is 0.231 e. The summed E-state index contributed by atoms with van der Waals surface area (Å²) in [7, 11) is 2.00. The van der Waals surface area contributed by atoms with Crippen molar-refractivity contribution in [2.24, 2.45) is 7.05 Å². The number of carbonyl (C=O) groups is 1. The summed E-state index contributed by atoms with van der Waals surface area (Å²) in [5, 5.41) is 0. The molecule has 0 aliphatic rings. The first kappa shape index (κ1) is 15.3. The Morgan fingerprint density at radius 3 is 2.61 bits per heavy atom. The summed E-state index contributed by atoms with van der Waals surface area (Å²) in [5.41, 5.74) is 3.97. The highest BCUT2D eigenvalue weighted by molar-refractivity contribution is 5.95. The molecule has 0 spiro atoms. The van der Waals surface area contributed by atoms with Gasteiger partial charge in [0.25, 0.3) is 0 Å². The summed E-state index contributed by atoms with van der Waals surface area (Å²) >= 11 is 0. The van der Waals surface area contributed by atoms with E-state index in [1.807, 2.05) is 74.3 Å².